The molecule has 2 aromatic carbocycles. The van der Waals surface area contributed by atoms with Crippen LogP contribution in [0.2, 0.25) is 10.0 Å². The third-order valence-corrected chi connectivity index (χ3v) is 5.47. The number of nitrogens with one attached hydrogen (secondary N) is 1. The van der Waals surface area contributed by atoms with Crippen LogP contribution in [0.4, 0.5) is 5.13 Å². The average Bonchev–Trinajstić information content (AvgIpc) is 3.03. The summed E-state index contributed by atoms with van der Waals surface area (Å²) in [7, 11) is 0. The quantitative estimate of drug-likeness (QED) is 0.491. The number of rotatable bonds is 7. The van der Waals surface area contributed by atoms with Gasteiger partial charge in [0.05, 0.1) is 13.0 Å². The van der Waals surface area contributed by atoms with Gasteiger partial charge >= 0.3 is 0 Å². The summed E-state index contributed by atoms with van der Waals surface area (Å²) < 4.78 is 5.68. The van der Waals surface area contributed by atoms with Crippen molar-refractivity contribution < 1.29 is 9.53 Å². The maximum atomic E-state index is 12.1. The number of thiazole rings is 1. The molecule has 0 atom stereocenters. The van der Waals surface area contributed by atoms with Crippen LogP contribution in [0.25, 0.3) is 0 Å². The fraction of sp³-hybridized carbons (Fsp3) is 0.238. The van der Waals surface area contributed by atoms with Gasteiger partial charge in [-0.3, -0.25) is 4.79 Å². The third-order valence-electron chi connectivity index (χ3n) is 3.97. The molecule has 7 heteroatoms. The van der Waals surface area contributed by atoms with Crippen LogP contribution in [0.1, 0.15) is 28.0 Å². The molecule has 1 aromatic heterocycles. The molecule has 1 N–H and O–H groups in total. The summed E-state index contributed by atoms with van der Waals surface area (Å²) in [4.78, 5) is 17.4. The van der Waals surface area contributed by atoms with Crippen molar-refractivity contribution in [3.63, 3.8) is 0 Å². The lowest BCUT2D eigenvalue weighted by molar-refractivity contribution is -0.116. The van der Waals surface area contributed by atoms with Crippen LogP contribution in [-0.2, 0) is 11.2 Å². The predicted molar refractivity (Wildman–Crippen MR) is 116 cm³/mol. The van der Waals surface area contributed by atoms with E-state index in [-0.39, 0.29) is 12.3 Å². The normalized spacial score (nSPS) is 10.7. The molecule has 3 rings (SSSR count). The Balaban J connectivity index is 1.49. The topological polar surface area (TPSA) is 51.2 Å². The second kappa shape index (κ2) is 9.41. The Bertz CT molecular complexity index is 968. The first-order chi connectivity index (χ1) is 13.4. The van der Waals surface area contributed by atoms with Crippen LogP contribution in [0, 0.1) is 13.8 Å². The lowest BCUT2D eigenvalue weighted by Gasteiger charge is -2.08. The molecule has 4 nitrogen and oxygen atoms in total. The highest BCUT2D eigenvalue weighted by Crippen LogP contribution is 2.27. The van der Waals surface area contributed by atoms with E-state index >= 15 is 0 Å². The van der Waals surface area contributed by atoms with Crippen LogP contribution in [-0.4, -0.2) is 17.5 Å². The van der Waals surface area contributed by atoms with Gasteiger partial charge in [-0.15, -0.1) is 11.3 Å². The van der Waals surface area contributed by atoms with Crippen molar-refractivity contribution in [2.75, 3.05) is 11.9 Å². The molecule has 0 saturated heterocycles. The van der Waals surface area contributed by atoms with Crippen LogP contribution in [0.3, 0.4) is 0 Å². The Kier molecular flexibility index (Phi) is 6.94. The maximum absolute atomic E-state index is 12.1. The smallest absolute Gasteiger partial charge is 0.229 e. The standard InChI is InChI=1S/C21H20Cl2N2O2S/c1-13-7-14(2)9-17(8-13)27-6-5-20(26)25-21-24-12-18(28-21)10-15-3-4-16(22)11-19(15)23/h3-4,7-9,11-12H,5-6,10H2,1-2H3,(H,24,25,26). The fourth-order valence-corrected chi connectivity index (χ4v) is 4.09. The summed E-state index contributed by atoms with van der Waals surface area (Å²) in [5.74, 6) is 0.650. The fourth-order valence-electron chi connectivity index (χ4n) is 2.76. The van der Waals surface area contributed by atoms with E-state index in [0.717, 1.165) is 27.3 Å². The molecule has 0 unspecified atom stereocenters. The molecule has 0 spiro atoms. The number of hydrogen-bond donors (Lipinski definition) is 1. The van der Waals surface area contributed by atoms with Crippen LogP contribution in [0.15, 0.2) is 42.6 Å². The molecule has 0 aliphatic carbocycles. The SMILES string of the molecule is Cc1cc(C)cc(OCCC(=O)Nc2ncc(Cc3ccc(Cl)cc3Cl)s2)c1. The summed E-state index contributed by atoms with van der Waals surface area (Å²) in [6, 6.07) is 11.4. The second-order valence-corrected chi connectivity index (χ2v) is 8.47. The van der Waals surface area contributed by atoms with Gasteiger partial charge in [0.25, 0.3) is 0 Å². The molecule has 1 heterocycles. The van der Waals surface area contributed by atoms with Crippen molar-refractivity contribution in [1.82, 2.24) is 4.98 Å². The largest absolute Gasteiger partial charge is 0.493 e. The number of halogens is 2. The number of amides is 1. The van der Waals surface area contributed by atoms with E-state index in [2.05, 4.69) is 16.4 Å². The minimum atomic E-state index is -0.130. The molecular formula is C21H20Cl2N2O2S. The molecule has 0 fully saturated rings. The zero-order chi connectivity index (χ0) is 20.1. The Morgan fingerprint density at radius 3 is 2.61 bits per heavy atom. The van der Waals surface area contributed by atoms with Gasteiger partial charge in [0.1, 0.15) is 5.75 Å². The van der Waals surface area contributed by atoms with E-state index in [1.54, 1.807) is 12.3 Å². The number of hydrogen-bond acceptors (Lipinski definition) is 4. The lowest BCUT2D eigenvalue weighted by atomic mass is 10.1. The third kappa shape index (κ3) is 5.96. The highest BCUT2D eigenvalue weighted by Gasteiger charge is 2.10. The number of carbonyl (C=O) groups excluding carboxylic acids is 1. The number of benzene rings is 2. The van der Waals surface area contributed by atoms with Crippen LogP contribution in [0.5, 0.6) is 5.75 Å². The van der Waals surface area contributed by atoms with Gasteiger partial charge < -0.3 is 10.1 Å². The van der Waals surface area contributed by atoms with Gasteiger partial charge in [0, 0.05) is 27.5 Å². The number of anilines is 1. The van der Waals surface area contributed by atoms with Crippen molar-refractivity contribution in [1.29, 1.82) is 0 Å². The highest BCUT2D eigenvalue weighted by atomic mass is 35.5. The van der Waals surface area contributed by atoms with Crippen molar-refractivity contribution in [2.45, 2.75) is 26.7 Å². The Labute approximate surface area is 178 Å². The zero-order valence-corrected chi connectivity index (χ0v) is 17.9. The number of nitrogens with zero attached hydrogens (tertiary/aromatic N) is 1. The van der Waals surface area contributed by atoms with Gasteiger partial charge in [-0.05, 0) is 54.8 Å². The van der Waals surface area contributed by atoms with E-state index < -0.39 is 0 Å². The van der Waals surface area contributed by atoms with E-state index in [1.165, 1.54) is 11.3 Å². The number of aryl methyl sites for hydroxylation is 2. The molecule has 1 amide bonds. The van der Waals surface area contributed by atoms with Gasteiger partial charge in [0.15, 0.2) is 5.13 Å². The Hall–Kier alpha value is -2.08. The molecule has 0 saturated carbocycles. The second-order valence-electron chi connectivity index (χ2n) is 6.51. The zero-order valence-electron chi connectivity index (χ0n) is 15.6. The molecule has 0 aliphatic rings. The van der Waals surface area contributed by atoms with E-state index in [4.69, 9.17) is 27.9 Å². The van der Waals surface area contributed by atoms with Crippen LogP contribution < -0.4 is 10.1 Å². The Morgan fingerprint density at radius 2 is 1.89 bits per heavy atom. The summed E-state index contributed by atoms with van der Waals surface area (Å²) in [6.07, 6.45) is 2.64. The highest BCUT2D eigenvalue weighted by molar-refractivity contribution is 7.15. The van der Waals surface area contributed by atoms with Gasteiger partial charge in [-0.25, -0.2) is 4.98 Å². The molecule has 0 aliphatic heterocycles. The molecule has 3 aromatic rings. The number of aromatic nitrogens is 1. The number of carbonyl (C=O) groups is 1. The Morgan fingerprint density at radius 1 is 1.14 bits per heavy atom. The van der Waals surface area contributed by atoms with Crippen molar-refractivity contribution in [2.24, 2.45) is 0 Å². The van der Waals surface area contributed by atoms with Gasteiger partial charge in [0.2, 0.25) is 5.91 Å². The first-order valence-corrected chi connectivity index (χ1v) is 10.4. The molecule has 0 bridgehead atoms. The maximum Gasteiger partial charge on any atom is 0.229 e. The predicted octanol–water partition coefficient (Wildman–Crippen LogP) is 6.07. The summed E-state index contributed by atoms with van der Waals surface area (Å²) in [5.41, 5.74) is 3.24. The summed E-state index contributed by atoms with van der Waals surface area (Å²) >= 11 is 13.6. The average molecular weight is 435 g/mol. The van der Waals surface area contributed by atoms with E-state index in [0.29, 0.717) is 28.2 Å². The van der Waals surface area contributed by atoms with Gasteiger partial charge in [-0.2, -0.15) is 0 Å². The van der Waals surface area contributed by atoms with Crippen LogP contribution >= 0.6 is 34.5 Å². The molecular weight excluding hydrogens is 415 g/mol. The first-order valence-electron chi connectivity index (χ1n) is 8.78. The molecule has 28 heavy (non-hydrogen) atoms. The lowest BCUT2D eigenvalue weighted by Crippen LogP contribution is -2.15. The summed E-state index contributed by atoms with van der Waals surface area (Å²) in [5, 5.41) is 4.61. The van der Waals surface area contributed by atoms with Gasteiger partial charge in [-0.1, -0.05) is 35.3 Å². The molecule has 0 radical (unpaired) electrons. The van der Waals surface area contributed by atoms with E-state index in [9.17, 15) is 4.79 Å². The van der Waals surface area contributed by atoms with E-state index in [1.807, 2.05) is 38.1 Å². The van der Waals surface area contributed by atoms with Crippen molar-refractivity contribution in [3.8, 4) is 5.75 Å². The number of ether oxygens (including phenoxy) is 1. The van der Waals surface area contributed by atoms with Crippen molar-refractivity contribution >= 4 is 45.6 Å². The monoisotopic (exact) mass is 434 g/mol. The van der Waals surface area contributed by atoms with Crippen molar-refractivity contribution in [3.05, 3.63) is 74.2 Å². The molecule has 146 valence electrons. The minimum Gasteiger partial charge on any atom is -0.493 e. The summed E-state index contributed by atoms with van der Waals surface area (Å²) in [6.45, 7) is 4.35. The minimum absolute atomic E-state index is 0.130. The first kappa shape index (κ1) is 20.6.